The van der Waals surface area contributed by atoms with Gasteiger partial charge in [-0.2, -0.15) is 0 Å². The van der Waals surface area contributed by atoms with Crippen LogP contribution in [0.3, 0.4) is 0 Å². The second-order valence-corrected chi connectivity index (χ2v) is 7.42. The molecule has 2 N–H and O–H groups in total. The monoisotopic (exact) mass is 333 g/mol. The standard InChI is InChI=1S/C17H23N3O2S/c1-12(2)15-19-20-16(23-15)14(22)18-10-17(3,11-21)9-13-7-5-4-6-8-13/h4-8,12,21H,9-11H2,1-3H3,(H,18,22). The number of nitrogens with one attached hydrogen (secondary N) is 1. The van der Waals surface area contributed by atoms with Crippen molar-refractivity contribution >= 4 is 17.2 Å². The van der Waals surface area contributed by atoms with E-state index in [2.05, 4.69) is 15.5 Å². The first-order chi connectivity index (χ1) is 10.9. The third-order valence-electron chi connectivity index (χ3n) is 3.66. The van der Waals surface area contributed by atoms with Gasteiger partial charge in [0.25, 0.3) is 5.91 Å². The number of hydrogen-bond acceptors (Lipinski definition) is 5. The van der Waals surface area contributed by atoms with Crippen molar-refractivity contribution in [3.8, 4) is 0 Å². The zero-order valence-corrected chi connectivity index (χ0v) is 14.6. The van der Waals surface area contributed by atoms with Gasteiger partial charge in [-0.15, -0.1) is 10.2 Å². The first-order valence-corrected chi connectivity index (χ1v) is 8.51. The van der Waals surface area contributed by atoms with Crippen molar-refractivity contribution in [2.45, 2.75) is 33.1 Å². The van der Waals surface area contributed by atoms with Gasteiger partial charge in [-0.3, -0.25) is 4.79 Å². The summed E-state index contributed by atoms with van der Waals surface area (Å²) < 4.78 is 0. The van der Waals surface area contributed by atoms with Crippen LogP contribution in [0.5, 0.6) is 0 Å². The SMILES string of the molecule is CC(C)c1nnc(C(=O)NCC(C)(CO)Cc2ccccc2)s1. The average molecular weight is 333 g/mol. The molecular formula is C17H23N3O2S. The topological polar surface area (TPSA) is 75.1 Å². The molecular weight excluding hydrogens is 310 g/mol. The molecule has 2 aromatic rings. The Bertz CT molecular complexity index is 642. The lowest BCUT2D eigenvalue weighted by atomic mass is 9.84. The number of carbonyl (C=O) groups is 1. The van der Waals surface area contributed by atoms with Gasteiger partial charge in [0.1, 0.15) is 5.01 Å². The van der Waals surface area contributed by atoms with E-state index in [1.165, 1.54) is 11.3 Å². The maximum absolute atomic E-state index is 12.2. The fourth-order valence-electron chi connectivity index (χ4n) is 2.19. The summed E-state index contributed by atoms with van der Waals surface area (Å²) in [4.78, 5) is 12.2. The van der Waals surface area contributed by atoms with E-state index < -0.39 is 5.41 Å². The van der Waals surface area contributed by atoms with Gasteiger partial charge in [0.05, 0.1) is 6.61 Å². The minimum atomic E-state index is -0.414. The molecule has 1 atom stereocenters. The van der Waals surface area contributed by atoms with Gasteiger partial charge in [-0.25, -0.2) is 0 Å². The van der Waals surface area contributed by atoms with Crippen molar-refractivity contribution in [3.63, 3.8) is 0 Å². The zero-order chi connectivity index (χ0) is 16.9. The summed E-state index contributed by atoms with van der Waals surface area (Å²) in [5.74, 6) is 0.0250. The number of benzene rings is 1. The summed E-state index contributed by atoms with van der Waals surface area (Å²) in [6, 6.07) is 9.95. The Balaban J connectivity index is 1.97. The predicted octanol–water partition coefficient (Wildman–Crippen LogP) is 2.63. The van der Waals surface area contributed by atoms with E-state index in [-0.39, 0.29) is 18.4 Å². The minimum absolute atomic E-state index is 0.00443. The second-order valence-electron chi connectivity index (χ2n) is 6.41. The largest absolute Gasteiger partial charge is 0.396 e. The van der Waals surface area contributed by atoms with E-state index in [0.29, 0.717) is 18.0 Å². The molecule has 6 heteroatoms. The van der Waals surface area contributed by atoms with Crippen LogP contribution in [0.25, 0.3) is 0 Å². The Morgan fingerprint density at radius 2 is 2.00 bits per heavy atom. The molecule has 0 radical (unpaired) electrons. The van der Waals surface area contributed by atoms with Crippen LogP contribution in [0.4, 0.5) is 0 Å². The van der Waals surface area contributed by atoms with Crippen LogP contribution in [0.1, 0.15) is 47.1 Å². The Morgan fingerprint density at radius 3 is 2.57 bits per heavy atom. The average Bonchev–Trinajstić information content (AvgIpc) is 3.04. The normalized spacial score (nSPS) is 13.8. The summed E-state index contributed by atoms with van der Waals surface area (Å²) in [7, 11) is 0. The molecule has 124 valence electrons. The summed E-state index contributed by atoms with van der Waals surface area (Å²) in [6.07, 6.45) is 0.692. The lowest BCUT2D eigenvalue weighted by Gasteiger charge is -2.27. The fourth-order valence-corrected chi connectivity index (χ4v) is 2.95. The summed E-state index contributed by atoms with van der Waals surface area (Å²) >= 11 is 1.31. The Hall–Kier alpha value is -1.79. The molecule has 1 unspecified atom stereocenters. The van der Waals surface area contributed by atoms with Gasteiger partial charge in [0.2, 0.25) is 5.01 Å². The van der Waals surface area contributed by atoms with E-state index in [1.54, 1.807) is 0 Å². The first kappa shape index (κ1) is 17.6. The highest BCUT2D eigenvalue weighted by molar-refractivity contribution is 7.13. The van der Waals surface area contributed by atoms with Crippen molar-refractivity contribution in [2.24, 2.45) is 5.41 Å². The molecule has 0 aliphatic heterocycles. The van der Waals surface area contributed by atoms with Crippen molar-refractivity contribution in [1.82, 2.24) is 15.5 Å². The molecule has 1 aromatic heterocycles. The van der Waals surface area contributed by atoms with E-state index >= 15 is 0 Å². The van der Waals surface area contributed by atoms with Gasteiger partial charge in [0.15, 0.2) is 0 Å². The zero-order valence-electron chi connectivity index (χ0n) is 13.7. The van der Waals surface area contributed by atoms with Gasteiger partial charge < -0.3 is 10.4 Å². The predicted molar refractivity (Wildman–Crippen MR) is 91.7 cm³/mol. The number of nitrogens with zero attached hydrogens (tertiary/aromatic N) is 2. The highest BCUT2D eigenvalue weighted by Crippen LogP contribution is 2.22. The lowest BCUT2D eigenvalue weighted by Crippen LogP contribution is -2.39. The number of aromatic nitrogens is 2. The van der Waals surface area contributed by atoms with Crippen LogP contribution < -0.4 is 5.32 Å². The molecule has 0 saturated carbocycles. The molecule has 0 fully saturated rings. The molecule has 0 bridgehead atoms. The molecule has 1 amide bonds. The van der Waals surface area contributed by atoms with Gasteiger partial charge in [-0.05, 0) is 12.0 Å². The van der Waals surface area contributed by atoms with Crippen molar-refractivity contribution in [2.75, 3.05) is 13.2 Å². The van der Waals surface area contributed by atoms with E-state index in [1.807, 2.05) is 51.1 Å². The highest BCUT2D eigenvalue weighted by Gasteiger charge is 2.26. The molecule has 0 saturated heterocycles. The molecule has 23 heavy (non-hydrogen) atoms. The van der Waals surface area contributed by atoms with Crippen LogP contribution in [0.2, 0.25) is 0 Å². The number of carbonyl (C=O) groups excluding carboxylic acids is 1. The van der Waals surface area contributed by atoms with Gasteiger partial charge in [0, 0.05) is 17.9 Å². The number of amides is 1. The summed E-state index contributed by atoms with van der Waals surface area (Å²) in [5.41, 5.74) is 0.721. The molecule has 5 nitrogen and oxygen atoms in total. The van der Waals surface area contributed by atoms with Crippen LogP contribution >= 0.6 is 11.3 Å². The molecule has 0 aliphatic rings. The van der Waals surface area contributed by atoms with Crippen LogP contribution in [0, 0.1) is 5.41 Å². The van der Waals surface area contributed by atoms with Crippen LogP contribution in [-0.2, 0) is 6.42 Å². The maximum atomic E-state index is 12.2. The number of hydrogen-bond donors (Lipinski definition) is 2. The van der Waals surface area contributed by atoms with E-state index in [4.69, 9.17) is 0 Å². The minimum Gasteiger partial charge on any atom is -0.396 e. The van der Waals surface area contributed by atoms with Gasteiger partial charge >= 0.3 is 0 Å². The quantitative estimate of drug-likeness (QED) is 0.817. The number of rotatable bonds is 7. The smallest absolute Gasteiger partial charge is 0.282 e. The van der Waals surface area contributed by atoms with Gasteiger partial charge in [-0.1, -0.05) is 62.4 Å². The summed E-state index contributed by atoms with van der Waals surface area (Å²) in [6.45, 7) is 6.37. The maximum Gasteiger partial charge on any atom is 0.282 e. The Kier molecular flexibility index (Phi) is 5.85. The lowest BCUT2D eigenvalue weighted by molar-refractivity contribution is 0.0894. The highest BCUT2D eigenvalue weighted by atomic mass is 32.1. The van der Waals surface area contributed by atoms with Crippen molar-refractivity contribution in [3.05, 3.63) is 45.9 Å². The van der Waals surface area contributed by atoms with Crippen LogP contribution in [-0.4, -0.2) is 34.4 Å². The van der Waals surface area contributed by atoms with Crippen molar-refractivity contribution in [1.29, 1.82) is 0 Å². The Morgan fingerprint density at radius 1 is 1.30 bits per heavy atom. The third-order valence-corrected chi connectivity index (χ3v) is 4.88. The Labute approximate surface area is 140 Å². The summed E-state index contributed by atoms with van der Waals surface area (Å²) in [5, 5.41) is 21.8. The third kappa shape index (κ3) is 4.84. The van der Waals surface area contributed by atoms with E-state index in [9.17, 15) is 9.90 Å². The first-order valence-electron chi connectivity index (χ1n) is 7.70. The molecule has 2 rings (SSSR count). The van der Waals surface area contributed by atoms with Crippen molar-refractivity contribution < 1.29 is 9.90 Å². The fraction of sp³-hybridized carbons (Fsp3) is 0.471. The number of aliphatic hydroxyl groups excluding tert-OH is 1. The van der Waals surface area contributed by atoms with Crippen LogP contribution in [0.15, 0.2) is 30.3 Å². The second kappa shape index (κ2) is 7.66. The molecule has 1 aromatic carbocycles. The van der Waals surface area contributed by atoms with E-state index in [0.717, 1.165) is 10.6 Å². The number of aliphatic hydroxyl groups is 1. The molecule has 0 spiro atoms. The molecule has 0 aliphatic carbocycles. The molecule has 1 heterocycles.